The van der Waals surface area contributed by atoms with Crippen molar-refractivity contribution in [2.45, 2.75) is 6.92 Å². The van der Waals surface area contributed by atoms with Gasteiger partial charge in [0, 0.05) is 5.92 Å². The Hall–Kier alpha value is -0.780. The lowest BCUT2D eigenvalue weighted by atomic mass is 9.87. The maximum atomic E-state index is 2.44. The van der Waals surface area contributed by atoms with Gasteiger partial charge in [-0.25, -0.2) is 0 Å². The van der Waals surface area contributed by atoms with Crippen LogP contribution in [0.1, 0.15) is 6.92 Å². The number of hydrogen-bond acceptors (Lipinski definition) is 0. The van der Waals surface area contributed by atoms with Gasteiger partial charge in [-0.2, -0.15) is 0 Å². The highest BCUT2D eigenvalue weighted by Crippen LogP contribution is 2.50. The Balaban J connectivity index is 2.13. The second kappa shape index (κ2) is 1.69. The SMILES string of the molecule is CC1=C[C@@H]2C=C[C@@H]3C=C[C@H]1[C@H]32. The predicted octanol–water partition coefficient (Wildman–Crippen LogP) is 2.55. The van der Waals surface area contributed by atoms with Gasteiger partial charge in [0.15, 0.2) is 0 Å². The molecule has 3 aliphatic rings. The predicted molar refractivity (Wildman–Crippen MR) is 46.0 cm³/mol. The highest BCUT2D eigenvalue weighted by molar-refractivity contribution is 5.36. The van der Waals surface area contributed by atoms with Crippen LogP contribution in [0.15, 0.2) is 36.0 Å². The summed E-state index contributed by atoms with van der Waals surface area (Å²) in [4.78, 5) is 0. The molecule has 0 fully saturated rings. The number of hydrogen-bond donors (Lipinski definition) is 0. The largest absolute Gasteiger partial charge is 0.0807 e. The summed E-state index contributed by atoms with van der Waals surface area (Å²) < 4.78 is 0. The first-order chi connectivity index (χ1) is 5.36. The molecule has 3 aliphatic carbocycles. The van der Waals surface area contributed by atoms with Gasteiger partial charge in [-0.15, -0.1) is 0 Å². The first-order valence-electron chi connectivity index (χ1n) is 4.41. The molecule has 0 radical (unpaired) electrons. The first kappa shape index (κ1) is 5.82. The van der Waals surface area contributed by atoms with Crippen LogP contribution in [-0.2, 0) is 0 Å². The summed E-state index contributed by atoms with van der Waals surface area (Å²) >= 11 is 0. The second-order valence-electron chi connectivity index (χ2n) is 3.94. The van der Waals surface area contributed by atoms with Gasteiger partial charge in [0.25, 0.3) is 0 Å². The van der Waals surface area contributed by atoms with Gasteiger partial charge >= 0.3 is 0 Å². The zero-order chi connectivity index (χ0) is 7.42. The maximum absolute atomic E-state index is 2.44. The number of allylic oxidation sites excluding steroid dienone is 6. The Morgan fingerprint density at radius 3 is 2.64 bits per heavy atom. The van der Waals surface area contributed by atoms with E-state index in [4.69, 9.17) is 0 Å². The van der Waals surface area contributed by atoms with Crippen molar-refractivity contribution in [3.05, 3.63) is 36.0 Å². The molecule has 0 aromatic carbocycles. The van der Waals surface area contributed by atoms with E-state index in [-0.39, 0.29) is 0 Å². The lowest BCUT2D eigenvalue weighted by Gasteiger charge is -2.15. The first-order valence-corrected chi connectivity index (χ1v) is 4.41. The Kier molecular flexibility index (Phi) is 0.892. The van der Waals surface area contributed by atoms with Crippen LogP contribution in [0, 0.1) is 23.7 Å². The standard InChI is InChI=1S/C11H12/c1-7-6-9-3-2-8-4-5-10(7)11(8)9/h2-6,8-11H,1H3/t8-,9+,10-,11-/m1/s1. The zero-order valence-corrected chi connectivity index (χ0v) is 6.70. The van der Waals surface area contributed by atoms with Crippen LogP contribution in [0.25, 0.3) is 0 Å². The minimum Gasteiger partial charge on any atom is -0.0807 e. The van der Waals surface area contributed by atoms with Crippen molar-refractivity contribution < 1.29 is 0 Å². The fourth-order valence-corrected chi connectivity index (χ4v) is 2.85. The smallest absolute Gasteiger partial charge is 0.00199 e. The topological polar surface area (TPSA) is 0 Å². The summed E-state index contributed by atoms with van der Waals surface area (Å²) in [6, 6.07) is 0. The van der Waals surface area contributed by atoms with Crippen LogP contribution in [-0.4, -0.2) is 0 Å². The Morgan fingerprint density at radius 2 is 1.73 bits per heavy atom. The van der Waals surface area contributed by atoms with Crippen molar-refractivity contribution in [2.75, 3.05) is 0 Å². The quantitative estimate of drug-likeness (QED) is 0.458. The summed E-state index contributed by atoms with van der Waals surface area (Å²) in [6.45, 7) is 2.27. The third-order valence-electron chi connectivity index (χ3n) is 3.38. The molecule has 0 amide bonds. The lowest BCUT2D eigenvalue weighted by molar-refractivity contribution is 0.412. The van der Waals surface area contributed by atoms with E-state index in [1.54, 1.807) is 5.57 Å². The van der Waals surface area contributed by atoms with Crippen molar-refractivity contribution in [3.8, 4) is 0 Å². The van der Waals surface area contributed by atoms with Crippen molar-refractivity contribution >= 4 is 0 Å². The van der Waals surface area contributed by atoms with Gasteiger partial charge in [0.2, 0.25) is 0 Å². The van der Waals surface area contributed by atoms with E-state index in [9.17, 15) is 0 Å². The van der Waals surface area contributed by atoms with Gasteiger partial charge < -0.3 is 0 Å². The van der Waals surface area contributed by atoms with E-state index in [0.29, 0.717) is 0 Å². The van der Waals surface area contributed by atoms with E-state index < -0.39 is 0 Å². The Morgan fingerprint density at radius 1 is 1.00 bits per heavy atom. The molecular formula is C11H12. The average Bonchev–Trinajstić information content (AvgIpc) is 2.53. The van der Waals surface area contributed by atoms with E-state index in [0.717, 1.165) is 23.7 Å². The lowest BCUT2D eigenvalue weighted by Crippen LogP contribution is -2.11. The van der Waals surface area contributed by atoms with Crippen molar-refractivity contribution in [1.82, 2.24) is 0 Å². The summed E-state index contributed by atoms with van der Waals surface area (Å²) in [5.41, 5.74) is 1.59. The molecule has 0 saturated heterocycles. The molecule has 0 aromatic rings. The molecule has 0 aromatic heterocycles. The van der Waals surface area contributed by atoms with E-state index >= 15 is 0 Å². The van der Waals surface area contributed by atoms with E-state index in [2.05, 4.69) is 37.3 Å². The van der Waals surface area contributed by atoms with E-state index in [1.165, 1.54) is 0 Å². The third kappa shape index (κ3) is 0.563. The molecule has 11 heavy (non-hydrogen) atoms. The molecule has 0 aliphatic heterocycles. The molecule has 0 spiro atoms. The second-order valence-corrected chi connectivity index (χ2v) is 3.94. The van der Waals surface area contributed by atoms with E-state index in [1.807, 2.05) is 0 Å². The normalized spacial score (nSPS) is 50.1. The Bertz CT molecular complexity index is 280. The van der Waals surface area contributed by atoms with Crippen molar-refractivity contribution in [3.63, 3.8) is 0 Å². The molecule has 0 N–H and O–H groups in total. The fraction of sp³-hybridized carbons (Fsp3) is 0.455. The Labute approximate surface area is 67.3 Å². The average molecular weight is 144 g/mol. The minimum atomic E-state index is 0.763. The van der Waals surface area contributed by atoms with Crippen molar-refractivity contribution in [1.29, 1.82) is 0 Å². The monoisotopic (exact) mass is 144 g/mol. The van der Waals surface area contributed by atoms with Crippen LogP contribution in [0.5, 0.6) is 0 Å². The van der Waals surface area contributed by atoms with Gasteiger partial charge in [-0.1, -0.05) is 36.0 Å². The molecule has 4 atom stereocenters. The third-order valence-corrected chi connectivity index (χ3v) is 3.38. The fourth-order valence-electron chi connectivity index (χ4n) is 2.85. The molecule has 0 saturated carbocycles. The summed E-state index contributed by atoms with van der Waals surface area (Å²) in [6.07, 6.45) is 12.0. The molecule has 0 heteroatoms. The molecular weight excluding hydrogens is 132 g/mol. The van der Waals surface area contributed by atoms with Gasteiger partial charge in [-0.3, -0.25) is 0 Å². The molecule has 3 rings (SSSR count). The molecule has 0 unspecified atom stereocenters. The van der Waals surface area contributed by atoms with Crippen LogP contribution in [0.3, 0.4) is 0 Å². The maximum Gasteiger partial charge on any atom is 0.00199 e. The van der Waals surface area contributed by atoms with Gasteiger partial charge in [0.1, 0.15) is 0 Å². The van der Waals surface area contributed by atoms with Crippen LogP contribution in [0.4, 0.5) is 0 Å². The highest BCUT2D eigenvalue weighted by Gasteiger charge is 2.42. The van der Waals surface area contributed by atoms with Crippen LogP contribution in [0.2, 0.25) is 0 Å². The van der Waals surface area contributed by atoms with Crippen LogP contribution < -0.4 is 0 Å². The van der Waals surface area contributed by atoms with Gasteiger partial charge in [0.05, 0.1) is 0 Å². The van der Waals surface area contributed by atoms with Crippen molar-refractivity contribution in [2.24, 2.45) is 23.7 Å². The molecule has 0 nitrogen and oxygen atoms in total. The summed E-state index contributed by atoms with van der Waals surface area (Å²) in [7, 11) is 0. The number of rotatable bonds is 0. The van der Waals surface area contributed by atoms with Crippen LogP contribution >= 0.6 is 0 Å². The summed E-state index contributed by atoms with van der Waals surface area (Å²) in [5.74, 6) is 3.19. The minimum absolute atomic E-state index is 0.763. The summed E-state index contributed by atoms with van der Waals surface area (Å²) in [5, 5.41) is 0. The molecule has 0 bridgehead atoms. The molecule has 0 heterocycles. The molecule has 56 valence electrons. The zero-order valence-electron chi connectivity index (χ0n) is 6.70. The van der Waals surface area contributed by atoms with Gasteiger partial charge in [-0.05, 0) is 24.7 Å². The highest BCUT2D eigenvalue weighted by atomic mass is 14.5.